The molecule has 0 amide bonds. The SMILES string of the molecule is CN=C(NCCc1ccsc1)N1CCOC(c2ccc(C)cc2C)C1.I. The molecule has 26 heavy (non-hydrogen) atoms. The summed E-state index contributed by atoms with van der Waals surface area (Å²) < 4.78 is 6.05. The molecule has 142 valence electrons. The largest absolute Gasteiger partial charge is 0.370 e. The quantitative estimate of drug-likeness (QED) is 0.401. The maximum atomic E-state index is 6.05. The van der Waals surface area contributed by atoms with Crippen LogP contribution in [0.1, 0.15) is 28.4 Å². The lowest BCUT2D eigenvalue weighted by Crippen LogP contribution is -2.48. The van der Waals surface area contributed by atoms with Crippen molar-refractivity contribution < 1.29 is 4.74 Å². The van der Waals surface area contributed by atoms with Crippen molar-refractivity contribution in [1.29, 1.82) is 0 Å². The number of guanidine groups is 1. The van der Waals surface area contributed by atoms with Crippen LogP contribution in [0.5, 0.6) is 0 Å². The molecule has 0 radical (unpaired) electrons. The van der Waals surface area contributed by atoms with Gasteiger partial charge in [-0.2, -0.15) is 11.3 Å². The molecule has 0 bridgehead atoms. The summed E-state index contributed by atoms with van der Waals surface area (Å²) in [6.07, 6.45) is 1.12. The van der Waals surface area contributed by atoms with Crippen LogP contribution in [0.3, 0.4) is 0 Å². The van der Waals surface area contributed by atoms with Gasteiger partial charge >= 0.3 is 0 Å². The molecule has 1 aromatic carbocycles. The van der Waals surface area contributed by atoms with E-state index >= 15 is 0 Å². The second-order valence-corrected chi connectivity index (χ2v) is 7.30. The number of benzene rings is 1. The third kappa shape index (κ3) is 5.44. The topological polar surface area (TPSA) is 36.9 Å². The van der Waals surface area contributed by atoms with Crippen LogP contribution < -0.4 is 5.32 Å². The van der Waals surface area contributed by atoms with Crippen molar-refractivity contribution >= 4 is 41.3 Å². The third-order valence-electron chi connectivity index (χ3n) is 4.63. The fraction of sp³-hybridized carbons (Fsp3) is 0.450. The summed E-state index contributed by atoms with van der Waals surface area (Å²) >= 11 is 1.75. The summed E-state index contributed by atoms with van der Waals surface area (Å²) in [7, 11) is 1.86. The van der Waals surface area contributed by atoms with Crippen molar-refractivity contribution in [3.8, 4) is 0 Å². The molecule has 1 atom stereocenters. The Morgan fingerprint density at radius 1 is 1.35 bits per heavy atom. The lowest BCUT2D eigenvalue weighted by atomic mass is 10.00. The number of rotatable bonds is 4. The number of halogens is 1. The number of nitrogens with one attached hydrogen (secondary N) is 1. The smallest absolute Gasteiger partial charge is 0.193 e. The number of hydrogen-bond donors (Lipinski definition) is 1. The van der Waals surface area contributed by atoms with Crippen LogP contribution in [0.25, 0.3) is 0 Å². The van der Waals surface area contributed by atoms with Crippen LogP contribution >= 0.6 is 35.3 Å². The van der Waals surface area contributed by atoms with E-state index in [9.17, 15) is 0 Å². The predicted molar refractivity (Wildman–Crippen MR) is 121 cm³/mol. The predicted octanol–water partition coefficient (Wildman–Crippen LogP) is 4.17. The molecule has 2 heterocycles. The zero-order valence-corrected chi connectivity index (χ0v) is 18.8. The van der Waals surface area contributed by atoms with E-state index < -0.39 is 0 Å². The zero-order chi connectivity index (χ0) is 17.6. The van der Waals surface area contributed by atoms with Gasteiger partial charge in [-0.05, 0) is 53.8 Å². The van der Waals surface area contributed by atoms with Gasteiger partial charge in [0.15, 0.2) is 5.96 Å². The average molecular weight is 485 g/mol. The van der Waals surface area contributed by atoms with Crippen LogP contribution in [0.2, 0.25) is 0 Å². The molecule has 0 saturated carbocycles. The Kier molecular flexibility index (Phi) is 8.37. The van der Waals surface area contributed by atoms with E-state index in [1.54, 1.807) is 11.3 Å². The van der Waals surface area contributed by atoms with E-state index in [4.69, 9.17) is 4.74 Å². The first kappa shape index (κ1) is 21.2. The van der Waals surface area contributed by atoms with E-state index in [2.05, 4.69) is 64.1 Å². The van der Waals surface area contributed by atoms with Crippen LogP contribution in [-0.2, 0) is 11.2 Å². The van der Waals surface area contributed by atoms with Crippen LogP contribution in [-0.4, -0.2) is 44.1 Å². The fourth-order valence-electron chi connectivity index (χ4n) is 3.30. The van der Waals surface area contributed by atoms with Gasteiger partial charge in [0.2, 0.25) is 0 Å². The standard InChI is InChI=1S/C20H27N3OS.HI/c1-15-4-5-18(16(2)12-15)19-13-23(9-10-24-19)20(21-3)22-8-6-17-7-11-25-14-17;/h4-5,7,11-12,14,19H,6,8-10,13H2,1-3H3,(H,21,22);1H. The average Bonchev–Trinajstić information content (AvgIpc) is 3.12. The van der Waals surface area contributed by atoms with Gasteiger partial charge in [-0.3, -0.25) is 4.99 Å². The van der Waals surface area contributed by atoms with Crippen molar-refractivity contribution in [3.63, 3.8) is 0 Å². The highest BCUT2D eigenvalue weighted by atomic mass is 127. The third-order valence-corrected chi connectivity index (χ3v) is 5.36. The molecular weight excluding hydrogens is 457 g/mol. The Morgan fingerprint density at radius 3 is 2.88 bits per heavy atom. The second-order valence-electron chi connectivity index (χ2n) is 6.52. The molecule has 1 saturated heterocycles. The molecule has 2 aromatic rings. The van der Waals surface area contributed by atoms with Gasteiger partial charge < -0.3 is 15.0 Å². The molecule has 1 N–H and O–H groups in total. The molecule has 6 heteroatoms. The summed E-state index contributed by atoms with van der Waals surface area (Å²) in [4.78, 5) is 6.78. The highest BCUT2D eigenvalue weighted by Gasteiger charge is 2.25. The first-order valence-electron chi connectivity index (χ1n) is 8.83. The van der Waals surface area contributed by atoms with Gasteiger partial charge in [0.05, 0.1) is 13.2 Å². The maximum Gasteiger partial charge on any atom is 0.193 e. The van der Waals surface area contributed by atoms with Crippen LogP contribution in [0.15, 0.2) is 40.0 Å². The number of nitrogens with zero attached hydrogens (tertiary/aromatic N) is 2. The summed E-state index contributed by atoms with van der Waals surface area (Å²) in [6, 6.07) is 8.77. The maximum absolute atomic E-state index is 6.05. The van der Waals surface area contributed by atoms with Gasteiger partial charge in [0, 0.05) is 20.1 Å². The van der Waals surface area contributed by atoms with E-state index in [0.717, 1.165) is 38.6 Å². The molecule has 0 aliphatic carbocycles. The van der Waals surface area contributed by atoms with E-state index in [-0.39, 0.29) is 30.1 Å². The van der Waals surface area contributed by atoms with Crippen molar-refractivity contribution in [2.45, 2.75) is 26.4 Å². The number of thiophene rings is 1. The number of hydrogen-bond acceptors (Lipinski definition) is 3. The molecule has 0 spiro atoms. The van der Waals surface area contributed by atoms with E-state index in [1.807, 2.05) is 7.05 Å². The Balaban J connectivity index is 0.00000243. The van der Waals surface area contributed by atoms with Gasteiger partial charge in [-0.15, -0.1) is 24.0 Å². The molecule has 1 fully saturated rings. The second kappa shape index (κ2) is 10.3. The van der Waals surface area contributed by atoms with Crippen molar-refractivity contribution in [3.05, 3.63) is 57.3 Å². The molecule has 1 aromatic heterocycles. The lowest BCUT2D eigenvalue weighted by Gasteiger charge is -2.35. The van der Waals surface area contributed by atoms with Crippen LogP contribution in [0, 0.1) is 13.8 Å². The highest BCUT2D eigenvalue weighted by molar-refractivity contribution is 14.0. The Labute approximate surface area is 177 Å². The zero-order valence-electron chi connectivity index (χ0n) is 15.7. The normalized spacial score (nSPS) is 17.7. The van der Waals surface area contributed by atoms with Gasteiger partial charge in [-0.1, -0.05) is 23.8 Å². The first-order valence-corrected chi connectivity index (χ1v) is 9.77. The van der Waals surface area contributed by atoms with Crippen molar-refractivity contribution in [1.82, 2.24) is 10.2 Å². The fourth-order valence-corrected chi connectivity index (χ4v) is 4.01. The Hall–Kier alpha value is -1.12. The van der Waals surface area contributed by atoms with E-state index in [0.29, 0.717) is 0 Å². The minimum atomic E-state index is 0. The number of aryl methyl sites for hydroxylation is 2. The van der Waals surface area contributed by atoms with E-state index in [1.165, 1.54) is 22.3 Å². The molecule has 3 rings (SSSR count). The van der Waals surface area contributed by atoms with Crippen molar-refractivity contribution in [2.75, 3.05) is 33.3 Å². The summed E-state index contributed by atoms with van der Waals surface area (Å²) in [5, 5.41) is 7.83. The minimum Gasteiger partial charge on any atom is -0.370 e. The molecular formula is C20H28IN3OS. The summed E-state index contributed by atoms with van der Waals surface area (Å²) in [6.45, 7) is 7.63. The molecule has 1 aliphatic rings. The summed E-state index contributed by atoms with van der Waals surface area (Å²) in [5.74, 6) is 0.966. The van der Waals surface area contributed by atoms with Gasteiger partial charge in [0.25, 0.3) is 0 Å². The highest BCUT2D eigenvalue weighted by Crippen LogP contribution is 2.25. The molecule has 4 nitrogen and oxygen atoms in total. The number of morpholine rings is 1. The van der Waals surface area contributed by atoms with Gasteiger partial charge in [-0.25, -0.2) is 0 Å². The van der Waals surface area contributed by atoms with Crippen molar-refractivity contribution in [2.24, 2.45) is 4.99 Å². The van der Waals surface area contributed by atoms with Gasteiger partial charge in [0.1, 0.15) is 6.10 Å². The summed E-state index contributed by atoms with van der Waals surface area (Å²) in [5.41, 5.74) is 5.25. The lowest BCUT2D eigenvalue weighted by molar-refractivity contribution is -0.00830. The van der Waals surface area contributed by atoms with Crippen LogP contribution in [0.4, 0.5) is 0 Å². The molecule has 1 aliphatic heterocycles. The Morgan fingerprint density at radius 2 is 2.19 bits per heavy atom. The Bertz CT molecular complexity index is 718. The molecule has 1 unspecified atom stereocenters. The number of aliphatic imine (C=N–C) groups is 1. The monoisotopic (exact) mass is 485 g/mol. The minimum absolute atomic E-state index is 0. The first-order chi connectivity index (χ1) is 12.2. The number of ether oxygens (including phenoxy) is 1.